The van der Waals surface area contributed by atoms with Crippen LogP contribution in [0, 0.1) is 0 Å². The third-order valence-corrected chi connectivity index (χ3v) is 18.5. The summed E-state index contributed by atoms with van der Waals surface area (Å²) in [6.45, 7) is 0. The molecular formula is C42H29GeN3S. The van der Waals surface area contributed by atoms with Crippen molar-refractivity contribution in [3.05, 3.63) is 140 Å². The van der Waals surface area contributed by atoms with Gasteiger partial charge in [0.15, 0.2) is 0 Å². The van der Waals surface area contributed by atoms with Gasteiger partial charge in [0.2, 0.25) is 0 Å². The quantitative estimate of drug-likeness (QED) is 0.174. The molecule has 4 heterocycles. The van der Waals surface area contributed by atoms with Crippen molar-refractivity contribution in [2.75, 3.05) is 0 Å². The van der Waals surface area contributed by atoms with Crippen LogP contribution in [0.25, 0.3) is 81.6 Å². The Morgan fingerprint density at radius 3 is 2.06 bits per heavy atom. The molecule has 0 unspecified atom stereocenters. The first-order valence-electron chi connectivity index (χ1n) is 16.1. The Morgan fingerprint density at radius 1 is 0.574 bits per heavy atom. The number of thiophene rings is 1. The van der Waals surface area contributed by atoms with E-state index in [-0.39, 0.29) is 0 Å². The van der Waals surface area contributed by atoms with Crippen molar-refractivity contribution < 1.29 is 0 Å². The predicted molar refractivity (Wildman–Crippen MR) is 202 cm³/mol. The van der Waals surface area contributed by atoms with Crippen molar-refractivity contribution in [1.29, 1.82) is 0 Å². The second-order valence-electron chi connectivity index (χ2n) is 13.0. The van der Waals surface area contributed by atoms with E-state index in [2.05, 4.69) is 150 Å². The topological polar surface area (TPSA) is 30.7 Å². The van der Waals surface area contributed by atoms with Crippen LogP contribution in [0.3, 0.4) is 0 Å². The molecule has 6 aromatic carbocycles. The second kappa shape index (κ2) is 9.98. The number of hydrogen-bond acceptors (Lipinski definition) is 3. The van der Waals surface area contributed by atoms with E-state index in [0.29, 0.717) is 0 Å². The Bertz CT molecular complexity index is 2710. The van der Waals surface area contributed by atoms with Gasteiger partial charge in [-0.3, -0.25) is 0 Å². The molecule has 0 fully saturated rings. The van der Waals surface area contributed by atoms with Crippen molar-refractivity contribution in [2.45, 2.75) is 11.5 Å². The molecule has 1 aliphatic heterocycles. The van der Waals surface area contributed by atoms with E-state index in [1.807, 2.05) is 17.4 Å². The van der Waals surface area contributed by atoms with Gasteiger partial charge in [-0.2, -0.15) is 0 Å². The summed E-state index contributed by atoms with van der Waals surface area (Å²) in [5, 5.41) is 5.31. The van der Waals surface area contributed by atoms with Gasteiger partial charge in [0.25, 0.3) is 0 Å². The summed E-state index contributed by atoms with van der Waals surface area (Å²) in [6, 6.07) is 50.5. The summed E-state index contributed by atoms with van der Waals surface area (Å²) < 4.78 is 8.01. The monoisotopic (exact) mass is 681 g/mol. The van der Waals surface area contributed by atoms with E-state index in [0.717, 1.165) is 28.3 Å². The summed E-state index contributed by atoms with van der Waals surface area (Å²) in [5.41, 5.74) is 9.36. The molecule has 0 atom stereocenters. The molecule has 0 N–H and O–H groups in total. The summed E-state index contributed by atoms with van der Waals surface area (Å²) >= 11 is -0.975. The molecule has 0 spiro atoms. The Kier molecular flexibility index (Phi) is 5.76. The van der Waals surface area contributed by atoms with Crippen LogP contribution in [0.2, 0.25) is 11.5 Å². The van der Waals surface area contributed by atoms with Gasteiger partial charge < -0.3 is 0 Å². The van der Waals surface area contributed by atoms with Crippen LogP contribution in [0.4, 0.5) is 0 Å². The van der Waals surface area contributed by atoms with Crippen molar-refractivity contribution in [3.8, 4) is 39.6 Å². The first-order chi connectivity index (χ1) is 23.1. The normalized spacial score (nSPS) is 13.5. The Labute approximate surface area is 279 Å². The minimum absolute atomic E-state index is 0.785. The molecule has 5 heteroatoms. The molecule has 1 aliphatic rings. The standard InChI is InChI=1S/C42H29GeN3S/c1-43(2)33-25-28(46-34-19-11-9-18-32(34)37-35(46)24-23-30-29-17-10-12-20-36(29)47-41(30)37)21-22-31(33)40-38(43)39(26-13-5-3-6-14-26)44-42(45-40)27-15-7-4-8-16-27/h3-25H,1-2H3. The molecule has 3 aromatic heterocycles. The Balaban J connectivity index is 1.23. The minimum atomic E-state index is -2.88. The van der Waals surface area contributed by atoms with Crippen molar-refractivity contribution in [3.63, 3.8) is 0 Å². The first-order valence-corrected chi connectivity index (χ1v) is 23.2. The molecular weight excluding hydrogens is 651 g/mol. The van der Waals surface area contributed by atoms with Crippen LogP contribution in [0.5, 0.6) is 0 Å². The van der Waals surface area contributed by atoms with E-state index in [9.17, 15) is 0 Å². The average molecular weight is 680 g/mol. The number of benzene rings is 6. The van der Waals surface area contributed by atoms with Gasteiger partial charge >= 0.3 is 281 Å². The molecule has 9 aromatic rings. The number of aromatic nitrogens is 3. The summed E-state index contributed by atoms with van der Waals surface area (Å²) in [4.78, 5) is 10.6. The van der Waals surface area contributed by atoms with Crippen LogP contribution >= 0.6 is 11.3 Å². The molecule has 0 radical (unpaired) electrons. The fourth-order valence-electron chi connectivity index (χ4n) is 7.81. The molecule has 222 valence electrons. The molecule has 47 heavy (non-hydrogen) atoms. The van der Waals surface area contributed by atoms with Gasteiger partial charge in [0, 0.05) is 0 Å². The van der Waals surface area contributed by atoms with Crippen LogP contribution in [-0.2, 0) is 0 Å². The second-order valence-corrected chi connectivity index (χ2v) is 23.0. The molecule has 0 saturated carbocycles. The third kappa shape index (κ3) is 3.86. The summed E-state index contributed by atoms with van der Waals surface area (Å²) in [5.74, 6) is 5.81. The van der Waals surface area contributed by atoms with E-state index in [1.54, 1.807) is 0 Å². The van der Waals surface area contributed by atoms with Crippen molar-refractivity contribution in [2.24, 2.45) is 0 Å². The zero-order valence-corrected chi connectivity index (χ0v) is 28.9. The molecule has 0 amide bonds. The van der Waals surface area contributed by atoms with Crippen molar-refractivity contribution >= 4 is 75.4 Å². The van der Waals surface area contributed by atoms with E-state index >= 15 is 0 Å². The van der Waals surface area contributed by atoms with Gasteiger partial charge in [-0.25, -0.2) is 0 Å². The van der Waals surface area contributed by atoms with Gasteiger partial charge in [-0.15, -0.1) is 0 Å². The summed E-state index contributed by atoms with van der Waals surface area (Å²) in [6.07, 6.45) is 0. The number of para-hydroxylation sites is 1. The SMILES string of the molecule is [CH3][Ge]1([CH3])[c]2cc(-n3c4ccccc4c4c5sc6ccccc6c5ccc43)ccc2-c2nc(-c3ccccc3)nc(-c3ccccc3)[c]21. The van der Waals surface area contributed by atoms with Crippen molar-refractivity contribution in [1.82, 2.24) is 14.5 Å². The molecule has 0 saturated heterocycles. The zero-order valence-electron chi connectivity index (χ0n) is 26.0. The fourth-order valence-corrected chi connectivity index (χ4v) is 15.8. The fraction of sp³-hybridized carbons (Fsp3) is 0.0476. The Morgan fingerprint density at radius 2 is 1.26 bits per heavy atom. The van der Waals surface area contributed by atoms with E-state index in [4.69, 9.17) is 9.97 Å². The average Bonchev–Trinajstić information content (AvgIpc) is 3.74. The van der Waals surface area contributed by atoms with E-state index < -0.39 is 13.3 Å². The number of hydrogen-bond donors (Lipinski definition) is 0. The first kappa shape index (κ1) is 27.1. The Hall–Kier alpha value is -5.04. The van der Waals surface area contributed by atoms with Crippen LogP contribution in [0.1, 0.15) is 0 Å². The summed E-state index contributed by atoms with van der Waals surface area (Å²) in [7, 11) is 0. The van der Waals surface area contributed by atoms with E-state index in [1.165, 1.54) is 62.0 Å². The van der Waals surface area contributed by atoms with Gasteiger partial charge in [-0.05, 0) is 0 Å². The number of rotatable bonds is 3. The molecule has 0 aliphatic carbocycles. The molecule has 0 bridgehead atoms. The predicted octanol–water partition coefficient (Wildman–Crippen LogP) is 10.1. The van der Waals surface area contributed by atoms with Gasteiger partial charge in [0.1, 0.15) is 0 Å². The zero-order chi connectivity index (χ0) is 31.3. The van der Waals surface area contributed by atoms with Crippen LogP contribution < -0.4 is 8.79 Å². The third-order valence-electron chi connectivity index (χ3n) is 9.98. The van der Waals surface area contributed by atoms with Gasteiger partial charge in [-0.1, -0.05) is 0 Å². The van der Waals surface area contributed by atoms with Gasteiger partial charge in [0.05, 0.1) is 0 Å². The van der Waals surface area contributed by atoms with Crippen LogP contribution in [-0.4, -0.2) is 27.8 Å². The molecule has 10 rings (SSSR count). The number of nitrogens with zero attached hydrogens (tertiary/aromatic N) is 3. The maximum atomic E-state index is 5.32. The maximum absolute atomic E-state index is 5.32. The number of fused-ring (bicyclic) bond motifs is 10. The molecule has 3 nitrogen and oxygen atoms in total. The van der Waals surface area contributed by atoms with Crippen LogP contribution in [0.15, 0.2) is 140 Å².